The molecular weight excluding hydrogens is 312 g/mol. The monoisotopic (exact) mass is 320 g/mol. The highest BCUT2D eigenvalue weighted by atomic mass is 35.5. The second-order valence-electron chi connectivity index (χ2n) is 4.61. The van der Waals surface area contributed by atoms with Crippen molar-refractivity contribution in [2.24, 2.45) is 0 Å². The summed E-state index contributed by atoms with van der Waals surface area (Å²) in [5.41, 5.74) is -0.291. The number of hydrogen-bond acceptors (Lipinski definition) is 6. The van der Waals surface area contributed by atoms with Crippen molar-refractivity contribution in [3.8, 4) is 34.3 Å². The minimum absolute atomic E-state index is 0.0607. The fraction of sp³-hybridized carbons (Fsp3) is 0. The molecule has 0 fully saturated rings. The van der Waals surface area contributed by atoms with E-state index in [4.69, 9.17) is 16.0 Å². The van der Waals surface area contributed by atoms with Gasteiger partial charge in [0.1, 0.15) is 27.5 Å². The normalized spacial score (nSPS) is 11.0. The van der Waals surface area contributed by atoms with Crippen LogP contribution in [0.5, 0.6) is 23.0 Å². The summed E-state index contributed by atoms with van der Waals surface area (Å²) in [6, 6.07) is 6.12. The van der Waals surface area contributed by atoms with Gasteiger partial charge in [0, 0.05) is 17.7 Å². The molecule has 2 aromatic carbocycles. The van der Waals surface area contributed by atoms with Crippen molar-refractivity contribution >= 4 is 22.6 Å². The molecule has 1 heterocycles. The molecule has 0 bridgehead atoms. The van der Waals surface area contributed by atoms with Gasteiger partial charge in [-0.05, 0) is 18.2 Å². The number of halogens is 1. The maximum Gasteiger partial charge on any atom is 0.197 e. The summed E-state index contributed by atoms with van der Waals surface area (Å²) >= 11 is 5.68. The Kier molecular flexibility index (Phi) is 3.11. The van der Waals surface area contributed by atoms with Crippen molar-refractivity contribution in [1.29, 1.82) is 0 Å². The zero-order valence-corrected chi connectivity index (χ0v) is 11.6. The summed E-state index contributed by atoms with van der Waals surface area (Å²) in [5, 5.41) is 37.7. The van der Waals surface area contributed by atoms with E-state index in [0.717, 1.165) is 12.1 Å². The van der Waals surface area contributed by atoms with Gasteiger partial charge in [-0.15, -0.1) is 0 Å². The van der Waals surface area contributed by atoms with Crippen LogP contribution in [-0.4, -0.2) is 20.4 Å². The number of fused-ring (bicyclic) bond motifs is 1. The largest absolute Gasteiger partial charge is 0.506 e. The molecule has 0 radical (unpaired) electrons. The van der Waals surface area contributed by atoms with Crippen molar-refractivity contribution < 1.29 is 24.8 Å². The second-order valence-corrected chi connectivity index (χ2v) is 4.99. The van der Waals surface area contributed by atoms with Gasteiger partial charge >= 0.3 is 0 Å². The summed E-state index contributed by atoms with van der Waals surface area (Å²) in [6.07, 6.45) is 0. The lowest BCUT2D eigenvalue weighted by Gasteiger charge is -2.07. The van der Waals surface area contributed by atoms with Gasteiger partial charge in [-0.2, -0.15) is 0 Å². The van der Waals surface area contributed by atoms with Crippen LogP contribution in [0.2, 0.25) is 5.02 Å². The number of rotatable bonds is 1. The Morgan fingerprint density at radius 2 is 1.64 bits per heavy atom. The van der Waals surface area contributed by atoms with Crippen molar-refractivity contribution in [2.45, 2.75) is 0 Å². The third kappa shape index (κ3) is 2.10. The van der Waals surface area contributed by atoms with Crippen molar-refractivity contribution in [3.63, 3.8) is 0 Å². The zero-order valence-electron chi connectivity index (χ0n) is 10.9. The van der Waals surface area contributed by atoms with Crippen LogP contribution in [0.4, 0.5) is 0 Å². The van der Waals surface area contributed by atoms with E-state index in [1.54, 1.807) is 0 Å². The maximum absolute atomic E-state index is 12.1. The first-order chi connectivity index (χ1) is 10.4. The lowest BCUT2D eigenvalue weighted by Crippen LogP contribution is -2.01. The van der Waals surface area contributed by atoms with Crippen LogP contribution in [0, 0.1) is 0 Å². The van der Waals surface area contributed by atoms with Gasteiger partial charge in [-0.3, -0.25) is 4.79 Å². The Hall–Kier alpha value is -2.86. The lowest BCUT2D eigenvalue weighted by molar-refractivity contribution is 0.404. The topological polar surface area (TPSA) is 111 Å². The Balaban J connectivity index is 2.31. The van der Waals surface area contributed by atoms with E-state index in [9.17, 15) is 25.2 Å². The predicted molar refractivity (Wildman–Crippen MR) is 79.6 cm³/mol. The van der Waals surface area contributed by atoms with Crippen LogP contribution in [0.15, 0.2) is 39.5 Å². The van der Waals surface area contributed by atoms with Crippen LogP contribution < -0.4 is 5.43 Å². The van der Waals surface area contributed by atoms with Gasteiger partial charge in [-0.25, -0.2) is 0 Å². The SMILES string of the molecule is O=c1cc(-c2ccc(O)c(O)c2)oc2cc(O)c(Cl)c(O)c12. The smallest absolute Gasteiger partial charge is 0.197 e. The van der Waals surface area contributed by atoms with Gasteiger partial charge in [-0.1, -0.05) is 11.6 Å². The van der Waals surface area contributed by atoms with Gasteiger partial charge in [0.25, 0.3) is 0 Å². The highest BCUT2D eigenvalue weighted by Crippen LogP contribution is 2.39. The van der Waals surface area contributed by atoms with Crippen molar-refractivity contribution in [3.05, 3.63) is 45.6 Å². The number of aromatic hydroxyl groups is 4. The molecule has 0 spiro atoms. The van der Waals surface area contributed by atoms with Crippen LogP contribution in [0.1, 0.15) is 0 Å². The highest BCUT2D eigenvalue weighted by Gasteiger charge is 2.17. The van der Waals surface area contributed by atoms with Crippen LogP contribution in [0.3, 0.4) is 0 Å². The number of hydrogen-bond donors (Lipinski definition) is 4. The van der Waals surface area contributed by atoms with E-state index in [1.807, 2.05) is 0 Å². The third-order valence-corrected chi connectivity index (χ3v) is 3.54. The molecule has 3 aromatic rings. The summed E-state index contributed by atoms with van der Waals surface area (Å²) in [7, 11) is 0. The lowest BCUT2D eigenvalue weighted by atomic mass is 10.1. The Labute approximate surface area is 128 Å². The third-order valence-electron chi connectivity index (χ3n) is 3.17. The molecule has 22 heavy (non-hydrogen) atoms. The minimum Gasteiger partial charge on any atom is -0.506 e. The molecule has 7 heteroatoms. The van der Waals surface area contributed by atoms with Crippen LogP contribution in [-0.2, 0) is 0 Å². The molecule has 0 aliphatic heterocycles. The molecule has 4 N–H and O–H groups in total. The van der Waals surface area contributed by atoms with E-state index in [-0.39, 0.29) is 33.3 Å². The predicted octanol–water partition coefficient (Wildman–Crippen LogP) is 2.94. The molecule has 0 saturated heterocycles. The summed E-state index contributed by atoms with van der Waals surface area (Å²) < 4.78 is 5.47. The zero-order chi connectivity index (χ0) is 16.0. The Bertz CT molecular complexity index is 960. The fourth-order valence-corrected chi connectivity index (χ4v) is 2.23. The molecular formula is C15H9ClO6. The van der Waals surface area contributed by atoms with Crippen molar-refractivity contribution in [2.75, 3.05) is 0 Å². The first-order valence-electron chi connectivity index (χ1n) is 6.09. The molecule has 3 rings (SSSR count). The van der Waals surface area contributed by atoms with Gasteiger partial charge in [0.15, 0.2) is 22.7 Å². The first kappa shape index (κ1) is 14.1. The van der Waals surface area contributed by atoms with E-state index < -0.39 is 16.9 Å². The molecule has 0 aliphatic rings. The molecule has 0 amide bonds. The molecule has 0 atom stereocenters. The molecule has 6 nitrogen and oxygen atoms in total. The quantitative estimate of drug-likeness (QED) is 0.513. The Morgan fingerprint density at radius 1 is 0.909 bits per heavy atom. The van der Waals surface area contributed by atoms with Crippen molar-refractivity contribution in [1.82, 2.24) is 0 Å². The number of phenolic OH excluding ortho intramolecular Hbond substituents is 4. The number of benzene rings is 2. The second kappa shape index (κ2) is 4.85. The van der Waals surface area contributed by atoms with Gasteiger partial charge < -0.3 is 24.8 Å². The Morgan fingerprint density at radius 3 is 2.32 bits per heavy atom. The average Bonchev–Trinajstić information content (AvgIpc) is 2.47. The summed E-state index contributed by atoms with van der Waals surface area (Å²) in [4.78, 5) is 12.1. The van der Waals surface area contributed by atoms with E-state index >= 15 is 0 Å². The van der Waals surface area contributed by atoms with Crippen LogP contribution in [0.25, 0.3) is 22.3 Å². The summed E-state index contributed by atoms with van der Waals surface area (Å²) in [6.45, 7) is 0. The van der Waals surface area contributed by atoms with E-state index in [2.05, 4.69) is 0 Å². The standard InChI is InChI=1S/C15H9ClO6/c16-14-10(20)5-12-13(15(14)21)9(19)4-11(22-12)6-1-2-7(17)8(18)3-6/h1-5,17-18,20-21H. The number of phenols is 4. The van der Waals surface area contributed by atoms with E-state index in [0.29, 0.717) is 5.56 Å². The van der Waals surface area contributed by atoms with Gasteiger partial charge in [0.2, 0.25) is 0 Å². The highest BCUT2D eigenvalue weighted by molar-refractivity contribution is 6.34. The molecule has 112 valence electrons. The molecule has 0 saturated carbocycles. The molecule has 0 aliphatic carbocycles. The average molecular weight is 321 g/mol. The summed E-state index contributed by atoms with van der Waals surface area (Å²) in [5.74, 6) is -1.59. The minimum atomic E-state index is -0.566. The van der Waals surface area contributed by atoms with E-state index in [1.165, 1.54) is 18.2 Å². The molecule has 1 aromatic heterocycles. The maximum atomic E-state index is 12.1. The molecule has 0 unspecified atom stereocenters. The van der Waals surface area contributed by atoms with Crippen LogP contribution >= 0.6 is 11.6 Å². The van der Waals surface area contributed by atoms with Gasteiger partial charge in [0.05, 0.1) is 0 Å². The fourth-order valence-electron chi connectivity index (χ4n) is 2.08. The first-order valence-corrected chi connectivity index (χ1v) is 6.47.